The third-order valence-electron chi connectivity index (χ3n) is 2.93. The number of fused-ring (bicyclic) bond motifs is 1. The van der Waals surface area contributed by atoms with E-state index < -0.39 is 6.67 Å². The lowest BCUT2D eigenvalue weighted by Gasteiger charge is -2.38. The first-order chi connectivity index (χ1) is 8.06. The highest BCUT2D eigenvalue weighted by Crippen LogP contribution is 2.34. The molecule has 2 rings (SSSR count). The summed E-state index contributed by atoms with van der Waals surface area (Å²) in [5.41, 5.74) is 0.713. The molecule has 1 aliphatic heterocycles. The van der Waals surface area contributed by atoms with Crippen molar-refractivity contribution in [2.75, 3.05) is 30.1 Å². The average Bonchev–Trinajstić information content (AvgIpc) is 2.32. The van der Waals surface area contributed by atoms with Crippen LogP contribution in [0.1, 0.15) is 6.92 Å². The summed E-state index contributed by atoms with van der Waals surface area (Å²) in [6.07, 6.45) is 0. The van der Waals surface area contributed by atoms with E-state index in [9.17, 15) is 9.18 Å². The number of hydrogen-bond acceptors (Lipinski definition) is 3. The minimum absolute atomic E-state index is 0.0462. The Morgan fingerprint density at radius 2 is 2.24 bits per heavy atom. The van der Waals surface area contributed by atoms with Crippen molar-refractivity contribution in [2.24, 2.45) is 0 Å². The minimum atomic E-state index is -0.505. The lowest BCUT2D eigenvalue weighted by molar-refractivity contribution is -0.119. The Labute approximate surface area is 108 Å². The first-order valence-corrected chi connectivity index (χ1v) is 6.12. The van der Waals surface area contributed by atoms with Crippen molar-refractivity contribution in [3.63, 3.8) is 0 Å². The molecule has 0 saturated heterocycles. The average molecular weight is 302 g/mol. The Hall–Kier alpha value is -1.17. The summed E-state index contributed by atoms with van der Waals surface area (Å²) in [5.74, 6) is 0.599. The molecule has 0 aromatic carbocycles. The number of aromatic nitrogens is 1. The summed E-state index contributed by atoms with van der Waals surface area (Å²) in [6, 6.07) is 3.19. The summed E-state index contributed by atoms with van der Waals surface area (Å²) in [5, 5.41) is 0. The number of pyridine rings is 1. The zero-order chi connectivity index (χ0) is 12.6. The molecular weight excluding hydrogens is 289 g/mol. The molecule has 17 heavy (non-hydrogen) atoms. The van der Waals surface area contributed by atoms with Gasteiger partial charge in [0.15, 0.2) is 5.82 Å². The first-order valence-electron chi connectivity index (χ1n) is 5.33. The number of carbonyl (C=O) groups is 1. The van der Waals surface area contributed by atoms with Gasteiger partial charge in [-0.25, -0.2) is 9.37 Å². The number of halogens is 2. The maximum atomic E-state index is 12.6. The van der Waals surface area contributed by atoms with Gasteiger partial charge in [-0.3, -0.25) is 4.79 Å². The molecule has 0 spiro atoms. The Morgan fingerprint density at radius 1 is 1.53 bits per heavy atom. The number of amides is 1. The molecule has 1 unspecified atom stereocenters. The predicted octanol–water partition coefficient (Wildman–Crippen LogP) is 1.98. The Morgan fingerprint density at radius 3 is 2.88 bits per heavy atom. The number of hydrogen-bond donors (Lipinski definition) is 0. The summed E-state index contributed by atoms with van der Waals surface area (Å²) in [6.45, 7) is 1.44. The van der Waals surface area contributed by atoms with Gasteiger partial charge in [-0.2, -0.15) is 0 Å². The molecule has 4 nitrogen and oxygen atoms in total. The molecule has 0 bridgehead atoms. The third kappa shape index (κ3) is 2.01. The zero-order valence-corrected chi connectivity index (χ0v) is 11.2. The molecule has 0 saturated carbocycles. The SMILES string of the molecule is CC1C(=O)N(C)c2ccc(Br)nc2N1CCF. The van der Waals surface area contributed by atoms with E-state index in [0.29, 0.717) is 16.1 Å². The lowest BCUT2D eigenvalue weighted by atomic mass is 10.1. The van der Waals surface area contributed by atoms with Crippen molar-refractivity contribution in [1.29, 1.82) is 0 Å². The fourth-order valence-corrected chi connectivity index (χ4v) is 2.30. The number of carbonyl (C=O) groups excluding carboxylic acids is 1. The Balaban J connectivity index is 2.52. The minimum Gasteiger partial charge on any atom is -0.340 e. The second-order valence-electron chi connectivity index (χ2n) is 3.93. The van der Waals surface area contributed by atoms with Gasteiger partial charge in [-0.15, -0.1) is 0 Å². The van der Waals surface area contributed by atoms with Crippen LogP contribution >= 0.6 is 15.9 Å². The second kappa shape index (κ2) is 4.60. The van der Waals surface area contributed by atoms with Crippen molar-refractivity contribution >= 4 is 33.3 Å². The van der Waals surface area contributed by atoms with Gasteiger partial charge in [0.2, 0.25) is 5.91 Å². The monoisotopic (exact) mass is 301 g/mol. The van der Waals surface area contributed by atoms with E-state index in [0.717, 1.165) is 0 Å². The largest absolute Gasteiger partial charge is 0.340 e. The quantitative estimate of drug-likeness (QED) is 0.784. The maximum absolute atomic E-state index is 12.6. The van der Waals surface area contributed by atoms with Gasteiger partial charge in [0.05, 0.1) is 5.69 Å². The smallest absolute Gasteiger partial charge is 0.249 e. The van der Waals surface area contributed by atoms with E-state index in [2.05, 4.69) is 20.9 Å². The molecule has 2 heterocycles. The molecule has 0 fully saturated rings. The molecule has 92 valence electrons. The number of likely N-dealkylation sites (N-methyl/N-ethyl adjacent to an activating group) is 1. The predicted molar refractivity (Wildman–Crippen MR) is 68.1 cm³/mol. The molecule has 1 aromatic heterocycles. The summed E-state index contributed by atoms with van der Waals surface area (Å²) in [7, 11) is 1.71. The highest BCUT2D eigenvalue weighted by atomic mass is 79.9. The lowest BCUT2D eigenvalue weighted by Crippen LogP contribution is -2.51. The van der Waals surface area contributed by atoms with Crippen LogP contribution in [0.2, 0.25) is 0 Å². The van der Waals surface area contributed by atoms with E-state index in [1.807, 2.05) is 0 Å². The van der Waals surface area contributed by atoms with Crippen LogP contribution in [0.15, 0.2) is 16.7 Å². The molecule has 0 N–H and O–H groups in total. The van der Waals surface area contributed by atoms with Gasteiger partial charge >= 0.3 is 0 Å². The van der Waals surface area contributed by atoms with Gasteiger partial charge in [0, 0.05) is 13.6 Å². The molecule has 1 amide bonds. The van der Waals surface area contributed by atoms with Crippen molar-refractivity contribution in [1.82, 2.24) is 4.98 Å². The zero-order valence-electron chi connectivity index (χ0n) is 9.65. The maximum Gasteiger partial charge on any atom is 0.249 e. The van der Waals surface area contributed by atoms with Crippen molar-refractivity contribution in [2.45, 2.75) is 13.0 Å². The van der Waals surface area contributed by atoms with E-state index in [1.54, 1.807) is 35.9 Å². The van der Waals surface area contributed by atoms with Crippen LogP contribution in [0.4, 0.5) is 15.9 Å². The van der Waals surface area contributed by atoms with Crippen LogP contribution in [0.25, 0.3) is 0 Å². The van der Waals surface area contributed by atoms with Crippen molar-refractivity contribution in [3.8, 4) is 0 Å². The van der Waals surface area contributed by atoms with Crippen LogP contribution in [0, 0.1) is 0 Å². The van der Waals surface area contributed by atoms with E-state index in [1.165, 1.54) is 0 Å². The molecule has 1 aromatic rings. The summed E-state index contributed by atoms with van der Waals surface area (Å²) >= 11 is 3.29. The van der Waals surface area contributed by atoms with Crippen LogP contribution in [0.5, 0.6) is 0 Å². The van der Waals surface area contributed by atoms with E-state index >= 15 is 0 Å². The van der Waals surface area contributed by atoms with Gasteiger partial charge < -0.3 is 9.80 Å². The van der Waals surface area contributed by atoms with Crippen LogP contribution in [-0.4, -0.2) is 37.2 Å². The Kier molecular flexibility index (Phi) is 3.33. The normalized spacial score (nSPS) is 19.5. The molecule has 1 aliphatic rings. The van der Waals surface area contributed by atoms with E-state index in [-0.39, 0.29) is 18.5 Å². The standard InChI is InChI=1S/C11H13BrFN3O/c1-7-11(17)15(2)8-3-4-9(12)14-10(8)16(7)6-5-13/h3-4,7H,5-6H2,1-2H3. The fourth-order valence-electron chi connectivity index (χ4n) is 2.00. The molecule has 0 aliphatic carbocycles. The van der Waals surface area contributed by atoms with Crippen LogP contribution < -0.4 is 9.80 Å². The molecule has 0 radical (unpaired) electrons. The number of rotatable bonds is 2. The van der Waals surface area contributed by atoms with Crippen molar-refractivity contribution < 1.29 is 9.18 Å². The molecule has 6 heteroatoms. The molecule has 1 atom stereocenters. The molecular formula is C11H13BrFN3O. The topological polar surface area (TPSA) is 36.4 Å². The number of nitrogens with zero attached hydrogens (tertiary/aromatic N) is 3. The van der Waals surface area contributed by atoms with Crippen LogP contribution in [-0.2, 0) is 4.79 Å². The summed E-state index contributed by atoms with van der Waals surface area (Å²) in [4.78, 5) is 19.6. The fraction of sp³-hybridized carbons (Fsp3) is 0.455. The third-order valence-corrected chi connectivity index (χ3v) is 3.38. The van der Waals surface area contributed by atoms with Crippen molar-refractivity contribution in [3.05, 3.63) is 16.7 Å². The van der Waals surface area contributed by atoms with Crippen LogP contribution in [0.3, 0.4) is 0 Å². The highest BCUT2D eigenvalue weighted by Gasteiger charge is 2.34. The van der Waals surface area contributed by atoms with Gasteiger partial charge in [0.25, 0.3) is 0 Å². The van der Waals surface area contributed by atoms with Gasteiger partial charge in [-0.05, 0) is 35.0 Å². The summed E-state index contributed by atoms with van der Waals surface area (Å²) < 4.78 is 13.2. The van der Waals surface area contributed by atoms with Gasteiger partial charge in [0.1, 0.15) is 17.3 Å². The first kappa shape index (κ1) is 12.3. The number of anilines is 2. The highest BCUT2D eigenvalue weighted by molar-refractivity contribution is 9.10. The Bertz CT molecular complexity index is 454. The van der Waals surface area contributed by atoms with E-state index in [4.69, 9.17) is 0 Å². The second-order valence-corrected chi connectivity index (χ2v) is 4.74. The number of alkyl halides is 1. The van der Waals surface area contributed by atoms with Gasteiger partial charge in [-0.1, -0.05) is 0 Å².